The van der Waals surface area contributed by atoms with Crippen LogP contribution >= 0.6 is 0 Å². The highest BCUT2D eigenvalue weighted by atomic mass is 16.3. The molecule has 0 saturated carbocycles. The molecule has 0 aliphatic rings. The van der Waals surface area contributed by atoms with Crippen LogP contribution in [0.2, 0.25) is 0 Å². The van der Waals surface area contributed by atoms with Crippen molar-refractivity contribution in [2.24, 2.45) is 0 Å². The predicted octanol–water partition coefficient (Wildman–Crippen LogP) is 2.74. The third kappa shape index (κ3) is 2.94. The molecule has 0 fully saturated rings. The second kappa shape index (κ2) is 5.64. The first-order valence-corrected chi connectivity index (χ1v) is 5.98. The molecule has 0 amide bonds. The van der Waals surface area contributed by atoms with Crippen LogP contribution in [0.15, 0.2) is 41.1 Å². The van der Waals surface area contributed by atoms with Gasteiger partial charge in [-0.25, -0.2) is 0 Å². The Kier molecular flexibility index (Phi) is 3.94. The van der Waals surface area contributed by atoms with Crippen LogP contribution in [0.4, 0.5) is 0 Å². The SMILES string of the molecule is CCc1ccc(CC(NC)c2ccco2)nc1. The van der Waals surface area contributed by atoms with Gasteiger partial charge in [-0.15, -0.1) is 0 Å². The average Bonchev–Trinajstić information content (AvgIpc) is 2.90. The summed E-state index contributed by atoms with van der Waals surface area (Å²) in [5.41, 5.74) is 2.35. The largest absolute Gasteiger partial charge is 0.468 e. The summed E-state index contributed by atoms with van der Waals surface area (Å²) >= 11 is 0. The first kappa shape index (κ1) is 11.9. The van der Waals surface area contributed by atoms with Crippen molar-refractivity contribution in [3.8, 4) is 0 Å². The number of rotatable bonds is 5. The molecule has 0 aromatic carbocycles. The molecule has 90 valence electrons. The van der Waals surface area contributed by atoms with Crippen molar-refractivity contribution in [2.45, 2.75) is 25.8 Å². The lowest BCUT2D eigenvalue weighted by Crippen LogP contribution is -2.18. The molecule has 0 aliphatic carbocycles. The Labute approximate surface area is 102 Å². The number of nitrogens with zero attached hydrogens (tertiary/aromatic N) is 1. The number of nitrogens with one attached hydrogen (secondary N) is 1. The van der Waals surface area contributed by atoms with E-state index < -0.39 is 0 Å². The summed E-state index contributed by atoms with van der Waals surface area (Å²) < 4.78 is 5.41. The standard InChI is InChI=1S/C14H18N2O/c1-3-11-6-7-12(16-10-11)9-13(15-2)14-5-4-8-17-14/h4-8,10,13,15H,3,9H2,1-2H3. The van der Waals surface area contributed by atoms with Gasteiger partial charge in [0.1, 0.15) is 5.76 Å². The van der Waals surface area contributed by atoms with E-state index in [1.165, 1.54) is 5.56 Å². The maximum Gasteiger partial charge on any atom is 0.121 e. The number of likely N-dealkylation sites (N-methyl/N-ethyl adjacent to an activating group) is 1. The number of aromatic nitrogens is 1. The zero-order chi connectivity index (χ0) is 12.1. The molecule has 0 bridgehead atoms. The van der Waals surface area contributed by atoms with E-state index in [0.29, 0.717) is 0 Å². The third-order valence-corrected chi connectivity index (χ3v) is 2.94. The predicted molar refractivity (Wildman–Crippen MR) is 67.8 cm³/mol. The second-order valence-corrected chi connectivity index (χ2v) is 4.07. The molecule has 1 unspecified atom stereocenters. The van der Waals surface area contributed by atoms with Crippen LogP contribution in [-0.2, 0) is 12.8 Å². The molecular formula is C14H18N2O. The van der Waals surface area contributed by atoms with Crippen LogP contribution in [-0.4, -0.2) is 12.0 Å². The van der Waals surface area contributed by atoms with Crippen LogP contribution in [0.25, 0.3) is 0 Å². The molecular weight excluding hydrogens is 212 g/mol. The Morgan fingerprint density at radius 3 is 2.76 bits per heavy atom. The summed E-state index contributed by atoms with van der Waals surface area (Å²) in [7, 11) is 1.94. The zero-order valence-corrected chi connectivity index (χ0v) is 10.3. The number of hydrogen-bond acceptors (Lipinski definition) is 3. The summed E-state index contributed by atoms with van der Waals surface area (Å²) in [4.78, 5) is 4.47. The van der Waals surface area contributed by atoms with Gasteiger partial charge in [0.25, 0.3) is 0 Å². The maximum atomic E-state index is 5.41. The minimum absolute atomic E-state index is 0.185. The maximum absolute atomic E-state index is 5.41. The van der Waals surface area contributed by atoms with Gasteiger partial charge in [-0.2, -0.15) is 0 Å². The van der Waals surface area contributed by atoms with E-state index in [1.807, 2.05) is 25.4 Å². The van der Waals surface area contributed by atoms with Crippen LogP contribution in [0.5, 0.6) is 0 Å². The van der Waals surface area contributed by atoms with E-state index in [2.05, 4.69) is 29.4 Å². The van der Waals surface area contributed by atoms with Crippen LogP contribution < -0.4 is 5.32 Å². The molecule has 17 heavy (non-hydrogen) atoms. The number of hydrogen-bond donors (Lipinski definition) is 1. The van der Waals surface area contributed by atoms with Gasteiger partial charge in [-0.1, -0.05) is 13.0 Å². The van der Waals surface area contributed by atoms with Gasteiger partial charge >= 0.3 is 0 Å². The third-order valence-electron chi connectivity index (χ3n) is 2.94. The minimum Gasteiger partial charge on any atom is -0.468 e. The molecule has 3 nitrogen and oxygen atoms in total. The highest BCUT2D eigenvalue weighted by Gasteiger charge is 2.13. The highest BCUT2D eigenvalue weighted by Crippen LogP contribution is 2.17. The smallest absolute Gasteiger partial charge is 0.121 e. The van der Waals surface area contributed by atoms with Crippen LogP contribution in [0.1, 0.15) is 30.0 Å². The van der Waals surface area contributed by atoms with E-state index >= 15 is 0 Å². The fourth-order valence-electron chi connectivity index (χ4n) is 1.83. The monoisotopic (exact) mass is 230 g/mol. The molecule has 0 aliphatic heterocycles. The van der Waals surface area contributed by atoms with Gasteiger partial charge < -0.3 is 9.73 Å². The topological polar surface area (TPSA) is 38.1 Å². The average molecular weight is 230 g/mol. The Morgan fingerprint density at radius 2 is 2.24 bits per heavy atom. The first-order valence-electron chi connectivity index (χ1n) is 5.98. The van der Waals surface area contributed by atoms with Crippen molar-refractivity contribution in [3.63, 3.8) is 0 Å². The number of aryl methyl sites for hydroxylation is 1. The molecule has 3 heteroatoms. The van der Waals surface area contributed by atoms with E-state index in [1.54, 1.807) is 6.26 Å². The zero-order valence-electron chi connectivity index (χ0n) is 10.3. The van der Waals surface area contributed by atoms with E-state index in [4.69, 9.17) is 4.42 Å². The molecule has 1 atom stereocenters. The van der Waals surface area contributed by atoms with Gasteiger partial charge in [0.15, 0.2) is 0 Å². The van der Waals surface area contributed by atoms with E-state index in [0.717, 1.165) is 24.3 Å². The summed E-state index contributed by atoms with van der Waals surface area (Å²) in [6.07, 6.45) is 5.52. The molecule has 2 heterocycles. The molecule has 0 spiro atoms. The molecule has 0 saturated heterocycles. The van der Waals surface area contributed by atoms with Crippen molar-refractivity contribution in [1.29, 1.82) is 0 Å². The van der Waals surface area contributed by atoms with Gasteiger partial charge in [0, 0.05) is 18.3 Å². The Bertz CT molecular complexity index is 434. The van der Waals surface area contributed by atoms with E-state index in [9.17, 15) is 0 Å². The Balaban J connectivity index is 2.07. The van der Waals surface area contributed by atoms with Crippen molar-refractivity contribution in [1.82, 2.24) is 10.3 Å². The molecule has 1 N–H and O–H groups in total. The lowest BCUT2D eigenvalue weighted by molar-refractivity contribution is 0.427. The highest BCUT2D eigenvalue weighted by molar-refractivity contribution is 5.16. The summed E-state index contributed by atoms with van der Waals surface area (Å²) in [5.74, 6) is 0.953. The summed E-state index contributed by atoms with van der Waals surface area (Å²) in [6.45, 7) is 2.13. The molecule has 2 rings (SSSR count). The second-order valence-electron chi connectivity index (χ2n) is 4.07. The van der Waals surface area contributed by atoms with Gasteiger partial charge in [0.2, 0.25) is 0 Å². The summed E-state index contributed by atoms with van der Waals surface area (Å²) in [6, 6.07) is 8.31. The van der Waals surface area contributed by atoms with Gasteiger partial charge in [-0.05, 0) is 37.2 Å². The van der Waals surface area contributed by atoms with Crippen molar-refractivity contribution in [2.75, 3.05) is 7.05 Å². The van der Waals surface area contributed by atoms with E-state index in [-0.39, 0.29) is 6.04 Å². The first-order chi connectivity index (χ1) is 8.33. The summed E-state index contributed by atoms with van der Waals surface area (Å²) in [5, 5.41) is 3.25. The lowest BCUT2D eigenvalue weighted by Gasteiger charge is -2.13. The Morgan fingerprint density at radius 1 is 1.35 bits per heavy atom. The van der Waals surface area contributed by atoms with Crippen molar-refractivity contribution >= 4 is 0 Å². The molecule has 2 aromatic rings. The number of furan rings is 1. The van der Waals surface area contributed by atoms with Crippen LogP contribution in [0, 0.1) is 0 Å². The fraction of sp³-hybridized carbons (Fsp3) is 0.357. The quantitative estimate of drug-likeness (QED) is 0.858. The Hall–Kier alpha value is -1.61. The minimum atomic E-state index is 0.185. The van der Waals surface area contributed by atoms with Gasteiger partial charge in [0.05, 0.1) is 12.3 Å². The normalized spacial score (nSPS) is 12.6. The van der Waals surface area contributed by atoms with Crippen molar-refractivity contribution in [3.05, 3.63) is 53.7 Å². The molecule has 0 radical (unpaired) electrons. The van der Waals surface area contributed by atoms with Crippen molar-refractivity contribution < 1.29 is 4.42 Å². The lowest BCUT2D eigenvalue weighted by atomic mass is 10.1. The number of pyridine rings is 1. The van der Waals surface area contributed by atoms with Gasteiger partial charge in [-0.3, -0.25) is 4.98 Å². The fourth-order valence-corrected chi connectivity index (χ4v) is 1.83. The molecule has 2 aromatic heterocycles. The van der Waals surface area contributed by atoms with Crippen LogP contribution in [0.3, 0.4) is 0 Å².